The average molecular weight is 1900 g/mol. The molecule has 0 radical (unpaired) electrons. The first-order valence-electron chi connectivity index (χ1n) is 49.7. The third-order valence-electron chi connectivity index (χ3n) is 28.4. The number of hydrogen-bond acceptors (Lipinski definition) is 13. The van der Waals surface area contributed by atoms with Crippen LogP contribution in [0.5, 0.6) is 0 Å². The molecule has 12 heterocycles. The summed E-state index contributed by atoms with van der Waals surface area (Å²) in [6.45, 7) is 0. The largest absolute Gasteiger partial charge is 0.299 e. The maximum Gasteiger partial charge on any atom is 0.164 e. The Bertz CT molecular complexity index is 10400. The van der Waals surface area contributed by atoms with Gasteiger partial charge in [0.2, 0.25) is 0 Å². The van der Waals surface area contributed by atoms with Crippen molar-refractivity contribution < 1.29 is 0 Å². The second kappa shape index (κ2) is 36.5. The number of fused-ring (bicyclic) bond motifs is 26. The van der Waals surface area contributed by atoms with Crippen molar-refractivity contribution in [3.63, 3.8) is 0 Å². The summed E-state index contributed by atoms with van der Waals surface area (Å²) in [6, 6.07) is 159. The number of rotatable bonds is 13. The molecule has 0 aliphatic heterocycles. The highest BCUT2D eigenvalue weighted by molar-refractivity contribution is 6.28. The van der Waals surface area contributed by atoms with Crippen molar-refractivity contribution in [1.82, 2.24) is 78.0 Å². The molecule has 30 aromatic rings. The zero-order chi connectivity index (χ0) is 98.4. The van der Waals surface area contributed by atoms with Gasteiger partial charge in [-0.2, -0.15) is 0 Å². The van der Waals surface area contributed by atoms with Crippen molar-refractivity contribution >= 4 is 137 Å². The van der Waals surface area contributed by atoms with Gasteiger partial charge in [-0.1, -0.05) is 322 Å². The molecule has 694 valence electrons. The van der Waals surface area contributed by atoms with Crippen LogP contribution >= 0.6 is 0 Å². The molecule has 12 aromatic heterocycles. The highest BCUT2D eigenvalue weighted by Gasteiger charge is 2.25. The molecular formula is C133H82N16. The molecule has 0 saturated carbocycles. The number of benzene rings is 18. The Morgan fingerprint density at radius 2 is 0.430 bits per heavy atom. The predicted molar refractivity (Wildman–Crippen MR) is 607 cm³/mol. The third-order valence-corrected chi connectivity index (χ3v) is 28.4. The van der Waals surface area contributed by atoms with Crippen molar-refractivity contribution in [1.29, 1.82) is 0 Å². The fourth-order valence-corrected chi connectivity index (χ4v) is 21.2. The van der Waals surface area contributed by atoms with Crippen molar-refractivity contribution in [3.05, 3.63) is 498 Å². The Labute approximate surface area is 853 Å². The summed E-state index contributed by atoms with van der Waals surface area (Å²) < 4.78 is 6.57. The molecule has 18 aromatic carbocycles. The van der Waals surface area contributed by atoms with Gasteiger partial charge in [0.15, 0.2) is 23.3 Å². The van der Waals surface area contributed by atoms with E-state index in [9.17, 15) is 0 Å². The van der Waals surface area contributed by atoms with Crippen LogP contribution in [0.1, 0.15) is 0 Å². The van der Waals surface area contributed by atoms with Crippen molar-refractivity contribution in [2.24, 2.45) is 0 Å². The molecule has 16 heteroatoms. The summed E-state index contributed by atoms with van der Waals surface area (Å²) in [5.41, 5.74) is 33.9. The fraction of sp³-hybridized carbons (Fsp3) is 0. The topological polar surface area (TPSA) is 181 Å². The van der Waals surface area contributed by atoms with Crippen LogP contribution in [0.2, 0.25) is 0 Å². The van der Waals surface area contributed by atoms with Crippen molar-refractivity contribution in [2.45, 2.75) is 0 Å². The lowest BCUT2D eigenvalue weighted by molar-refractivity contribution is 1.07. The molecule has 0 N–H and O–H groups in total. The average Bonchev–Trinajstić information content (AvgIpc) is 1.62. The molecule has 0 atom stereocenters. The first-order chi connectivity index (χ1) is 73.8. The van der Waals surface area contributed by atoms with Crippen LogP contribution in [0.3, 0.4) is 0 Å². The summed E-state index contributed by atoms with van der Waals surface area (Å²) in [5.74, 6) is 2.55. The number of pyridine rings is 6. The molecule has 0 spiro atoms. The maximum absolute atomic E-state index is 5.19. The summed E-state index contributed by atoms with van der Waals surface area (Å²) in [5, 5.41) is 14.6. The van der Waals surface area contributed by atoms with E-state index in [1.807, 2.05) is 164 Å². The number of hydrogen-bond donors (Lipinski definition) is 0. The fourth-order valence-electron chi connectivity index (χ4n) is 21.2. The van der Waals surface area contributed by atoms with Crippen LogP contribution in [0, 0.1) is 0 Å². The van der Waals surface area contributed by atoms with Gasteiger partial charge in [-0.05, 0) is 205 Å². The normalized spacial score (nSPS) is 11.6. The van der Waals surface area contributed by atoms with E-state index >= 15 is 0 Å². The molecule has 16 nitrogen and oxygen atoms in total. The lowest BCUT2D eigenvalue weighted by atomic mass is 9.94. The van der Waals surface area contributed by atoms with Gasteiger partial charge in [-0.25, -0.2) is 49.8 Å². The molecule has 149 heavy (non-hydrogen) atoms. The number of para-hydroxylation sites is 3. The van der Waals surface area contributed by atoms with Gasteiger partial charge in [0, 0.05) is 131 Å². The maximum atomic E-state index is 5.19. The van der Waals surface area contributed by atoms with E-state index in [0.717, 1.165) is 260 Å². The van der Waals surface area contributed by atoms with Crippen molar-refractivity contribution in [3.8, 4) is 146 Å². The zero-order valence-electron chi connectivity index (χ0n) is 80.0. The van der Waals surface area contributed by atoms with Crippen LogP contribution in [-0.2, 0) is 0 Å². The molecule has 0 unspecified atom stereocenters. The molecular weight excluding hydrogens is 1820 g/mol. The Hall–Kier alpha value is -20.5. The minimum atomic E-state index is 0.610. The van der Waals surface area contributed by atoms with E-state index in [-0.39, 0.29) is 0 Å². The highest BCUT2D eigenvalue weighted by atomic mass is 15.0. The molecule has 0 amide bonds. The van der Waals surface area contributed by atoms with Crippen LogP contribution in [0.15, 0.2) is 498 Å². The third kappa shape index (κ3) is 15.6. The monoisotopic (exact) mass is 1900 g/mol. The number of nitrogens with zero attached hydrogens (tertiary/aromatic N) is 16. The summed E-state index contributed by atoms with van der Waals surface area (Å²) in [6.07, 6.45) is 11.8. The lowest BCUT2D eigenvalue weighted by Gasteiger charge is -2.13. The molecule has 30 rings (SSSR count). The summed E-state index contributed by atoms with van der Waals surface area (Å²) in [7, 11) is 0. The van der Waals surface area contributed by atoms with Crippen LogP contribution in [-0.4, -0.2) is 78.0 Å². The first kappa shape index (κ1) is 86.4. The molecule has 0 saturated heterocycles. The van der Waals surface area contributed by atoms with Gasteiger partial charge in [-0.3, -0.25) is 28.2 Å². The van der Waals surface area contributed by atoms with Crippen molar-refractivity contribution in [2.75, 3.05) is 0 Å². The smallest absolute Gasteiger partial charge is 0.164 e. The summed E-state index contributed by atoms with van der Waals surface area (Å²) >= 11 is 0. The Kier molecular flexibility index (Phi) is 21.2. The van der Waals surface area contributed by atoms with Crippen LogP contribution < -0.4 is 0 Å². The molecule has 0 fully saturated rings. The van der Waals surface area contributed by atoms with Gasteiger partial charge in [-0.15, -0.1) is 0 Å². The molecule has 0 bridgehead atoms. The Balaban J connectivity index is 0.000000111. The standard InChI is InChI=1S/C57H36N6.2C38H23N5/c1-3-13-37(14-4-1)41-17-11-19-45(33-41)56-60-55(61-57(62-56)46-20-12-18-42(34-46)38-15-5-2-6-16-38)40-25-23-39(24-26-40)43-27-30-48-50(35-43)49-36-44(51-21-7-9-31-58-51)28-29-47(49)53-54(48)63-32-10-8-22-52(63)59-53;1-2-10-24(11-3-1)35-36(41-33-14-5-4-13-32(33)40-35)26-17-19-28-30(23-26)29-22-25(31-12-6-8-20-39-31)16-18-27(29)37-38(28)43-21-9-7-15-34(43)42-37;1-2-10-24(11-3-1)35-29-12-4-5-14-33(29)40-38(42-35)26-17-19-28-31(23-26)30-22-25(32-13-6-8-20-39-32)16-18-27(30)36-37(28)43-21-9-7-15-34(43)41-36/h1-36H;2*1-23H. The quantitative estimate of drug-likeness (QED) is 0.0996. The van der Waals surface area contributed by atoms with Gasteiger partial charge in [0.1, 0.15) is 16.9 Å². The Morgan fingerprint density at radius 1 is 0.141 bits per heavy atom. The predicted octanol–water partition coefficient (Wildman–Crippen LogP) is 32.3. The van der Waals surface area contributed by atoms with E-state index in [1.54, 1.807) is 0 Å². The van der Waals surface area contributed by atoms with E-state index < -0.39 is 0 Å². The van der Waals surface area contributed by atoms with Gasteiger partial charge in [0.05, 0.1) is 83.8 Å². The van der Waals surface area contributed by atoms with Gasteiger partial charge >= 0.3 is 0 Å². The second-order valence-corrected chi connectivity index (χ2v) is 37.3. The number of aromatic nitrogens is 16. The highest BCUT2D eigenvalue weighted by Crippen LogP contribution is 2.46. The Morgan fingerprint density at radius 3 is 0.872 bits per heavy atom. The minimum absolute atomic E-state index is 0.610. The summed E-state index contributed by atoms with van der Waals surface area (Å²) in [4.78, 5) is 65.1. The van der Waals surface area contributed by atoms with E-state index in [1.165, 1.54) is 0 Å². The van der Waals surface area contributed by atoms with E-state index in [4.69, 9.17) is 49.8 Å². The SMILES string of the molecule is c1ccc(-c2cccc(-c3nc(-c4ccc(-c5ccc6c(c5)c5cc(-c7ccccn7)ccc5c5nc7ccccn7c65)cc4)nc(-c4cccc(-c5ccccc5)c4)n3)c2)cc1.c1ccc(-c2nc(-c3ccc4c(c3)c3cc(-c5ccccn5)ccc3c3nc5ccccn5c43)nc3ccccc23)cc1.c1ccc(-c2nc3ccccc3nc2-c2ccc3c(c2)c2cc(-c4ccccn4)ccc2c2nc4ccccn4c32)cc1. The van der Waals surface area contributed by atoms with Crippen LogP contribution in [0.25, 0.3) is 283 Å². The second-order valence-electron chi connectivity index (χ2n) is 37.3. The van der Waals surface area contributed by atoms with Gasteiger partial charge < -0.3 is 0 Å². The number of imidazole rings is 3. The zero-order valence-corrected chi connectivity index (χ0v) is 80.0. The van der Waals surface area contributed by atoms with Gasteiger partial charge in [0.25, 0.3) is 0 Å². The minimum Gasteiger partial charge on any atom is -0.299 e. The van der Waals surface area contributed by atoms with E-state index in [2.05, 4.69) is 362 Å². The molecule has 0 aliphatic carbocycles. The molecule has 0 aliphatic rings. The lowest BCUT2D eigenvalue weighted by Crippen LogP contribution is -2.00. The first-order valence-corrected chi connectivity index (χ1v) is 49.7. The van der Waals surface area contributed by atoms with Crippen LogP contribution in [0.4, 0.5) is 0 Å². The van der Waals surface area contributed by atoms with E-state index in [0.29, 0.717) is 23.3 Å².